The molecule has 1 atom stereocenters. The number of halogens is 1. The van der Waals surface area contributed by atoms with E-state index in [1.807, 2.05) is 0 Å². The molecular weight excluding hydrogens is 326 g/mol. The molecule has 1 fully saturated rings. The number of hydrogen-bond donors (Lipinski definition) is 1. The number of thiophene rings is 1. The van der Waals surface area contributed by atoms with Crippen molar-refractivity contribution in [2.45, 2.75) is 17.1 Å². The maximum atomic E-state index is 12.3. The van der Waals surface area contributed by atoms with Crippen molar-refractivity contribution >= 4 is 37.3 Å². The van der Waals surface area contributed by atoms with Crippen LogP contribution in [-0.2, 0) is 10.0 Å². The Morgan fingerprint density at radius 2 is 2.29 bits per heavy atom. The lowest BCUT2D eigenvalue weighted by molar-refractivity contribution is 0.165. The predicted molar refractivity (Wildman–Crippen MR) is 70.6 cm³/mol. The van der Waals surface area contributed by atoms with Gasteiger partial charge in [-0.3, -0.25) is 0 Å². The molecule has 1 N–H and O–H groups in total. The van der Waals surface area contributed by atoms with Gasteiger partial charge in [0.2, 0.25) is 0 Å². The minimum Gasteiger partial charge on any atom is -0.396 e. The molecule has 0 bridgehead atoms. The fraction of sp³-hybridized carbons (Fsp3) is 0.600. The van der Waals surface area contributed by atoms with Crippen molar-refractivity contribution in [3.8, 4) is 0 Å². The summed E-state index contributed by atoms with van der Waals surface area (Å²) in [6.45, 7) is 1.03. The van der Waals surface area contributed by atoms with Gasteiger partial charge in [0.05, 0.1) is 3.79 Å². The maximum absolute atomic E-state index is 12.3. The summed E-state index contributed by atoms with van der Waals surface area (Å²) in [5.74, 6) is 0.0712. The van der Waals surface area contributed by atoms with E-state index in [4.69, 9.17) is 5.11 Å². The zero-order valence-electron chi connectivity index (χ0n) is 9.17. The van der Waals surface area contributed by atoms with Crippen LogP contribution >= 0.6 is 27.3 Å². The van der Waals surface area contributed by atoms with Crippen LogP contribution in [0.4, 0.5) is 0 Å². The second-order valence-corrected chi connectivity index (χ2v) is 8.74. The van der Waals surface area contributed by atoms with Crippen LogP contribution in [-0.4, -0.2) is 37.5 Å². The molecule has 0 aliphatic carbocycles. The fourth-order valence-electron chi connectivity index (χ4n) is 1.96. The van der Waals surface area contributed by atoms with Crippen LogP contribution in [0.3, 0.4) is 0 Å². The molecule has 1 unspecified atom stereocenters. The van der Waals surface area contributed by atoms with Crippen LogP contribution in [0.5, 0.6) is 0 Å². The molecule has 0 aromatic carbocycles. The smallest absolute Gasteiger partial charge is 0.252 e. The highest BCUT2D eigenvalue weighted by molar-refractivity contribution is 9.11. The number of aliphatic hydroxyl groups is 1. The first kappa shape index (κ1) is 13.5. The van der Waals surface area contributed by atoms with Gasteiger partial charge in [0.15, 0.2) is 0 Å². The molecule has 1 aromatic heterocycles. The number of sulfonamides is 1. The molecule has 96 valence electrons. The van der Waals surface area contributed by atoms with E-state index in [0.29, 0.717) is 17.3 Å². The second kappa shape index (κ2) is 5.36. The third-order valence-electron chi connectivity index (χ3n) is 2.88. The number of aliphatic hydroxyl groups excluding tert-OH is 1. The highest BCUT2D eigenvalue weighted by Crippen LogP contribution is 2.30. The van der Waals surface area contributed by atoms with E-state index >= 15 is 0 Å². The normalized spacial score (nSPS) is 22.8. The summed E-state index contributed by atoms with van der Waals surface area (Å²) in [5, 5.41) is 9.12. The molecule has 2 heterocycles. The Hall–Kier alpha value is 0.0500. The Morgan fingerprint density at radius 1 is 1.53 bits per heavy atom. The number of nitrogens with zero attached hydrogens (tertiary/aromatic N) is 1. The first-order valence-corrected chi connectivity index (χ1v) is 8.45. The lowest BCUT2D eigenvalue weighted by Crippen LogP contribution is -2.40. The molecule has 7 heteroatoms. The van der Waals surface area contributed by atoms with E-state index in [0.717, 1.165) is 16.6 Å². The van der Waals surface area contributed by atoms with E-state index < -0.39 is 10.0 Å². The van der Waals surface area contributed by atoms with Gasteiger partial charge < -0.3 is 5.11 Å². The van der Waals surface area contributed by atoms with Crippen LogP contribution in [0.1, 0.15) is 12.8 Å². The minimum atomic E-state index is -3.37. The zero-order valence-corrected chi connectivity index (χ0v) is 12.4. The van der Waals surface area contributed by atoms with Gasteiger partial charge >= 0.3 is 0 Å². The van der Waals surface area contributed by atoms with E-state index in [-0.39, 0.29) is 12.5 Å². The maximum Gasteiger partial charge on any atom is 0.252 e. The molecule has 0 amide bonds. The largest absolute Gasteiger partial charge is 0.396 e. The van der Waals surface area contributed by atoms with Crippen LogP contribution in [0.2, 0.25) is 0 Å². The first-order chi connectivity index (χ1) is 8.04. The molecule has 4 nitrogen and oxygen atoms in total. The second-order valence-electron chi connectivity index (χ2n) is 4.11. The summed E-state index contributed by atoms with van der Waals surface area (Å²) >= 11 is 4.49. The van der Waals surface area contributed by atoms with Crippen LogP contribution in [0, 0.1) is 5.92 Å². The average molecular weight is 340 g/mol. The Morgan fingerprint density at radius 3 is 2.88 bits per heavy atom. The van der Waals surface area contributed by atoms with Gasteiger partial charge in [0.1, 0.15) is 4.21 Å². The SMILES string of the molecule is O=S(=O)(c1ccc(Br)s1)N1CCCC(CO)C1. The van der Waals surface area contributed by atoms with Crippen molar-refractivity contribution < 1.29 is 13.5 Å². The summed E-state index contributed by atoms with van der Waals surface area (Å²) in [4.78, 5) is 0. The van der Waals surface area contributed by atoms with Crippen molar-refractivity contribution in [2.24, 2.45) is 5.92 Å². The van der Waals surface area contributed by atoms with Crippen molar-refractivity contribution in [2.75, 3.05) is 19.7 Å². The van der Waals surface area contributed by atoms with E-state index in [1.54, 1.807) is 12.1 Å². The van der Waals surface area contributed by atoms with Crippen molar-refractivity contribution in [3.05, 3.63) is 15.9 Å². The molecular formula is C10H14BrNO3S2. The summed E-state index contributed by atoms with van der Waals surface area (Å²) in [7, 11) is -3.37. The van der Waals surface area contributed by atoms with Gasteiger partial charge in [-0.25, -0.2) is 8.42 Å². The quantitative estimate of drug-likeness (QED) is 0.914. The lowest BCUT2D eigenvalue weighted by atomic mass is 10.0. The fourth-order valence-corrected chi connectivity index (χ4v) is 5.68. The molecule has 1 aromatic rings. The number of piperidine rings is 1. The third-order valence-corrected chi connectivity index (χ3v) is 6.84. The van der Waals surface area contributed by atoms with E-state index in [1.165, 1.54) is 15.6 Å². The topological polar surface area (TPSA) is 57.6 Å². The molecule has 2 rings (SSSR count). The summed E-state index contributed by atoms with van der Waals surface area (Å²) in [6, 6.07) is 3.36. The molecule has 1 saturated heterocycles. The first-order valence-electron chi connectivity index (χ1n) is 5.40. The van der Waals surface area contributed by atoms with Crippen molar-refractivity contribution in [1.29, 1.82) is 0 Å². The van der Waals surface area contributed by atoms with Crippen LogP contribution < -0.4 is 0 Å². The Bertz CT molecular complexity index is 485. The lowest BCUT2D eigenvalue weighted by Gasteiger charge is -2.30. The summed E-state index contributed by atoms with van der Waals surface area (Å²) < 4.78 is 27.2. The van der Waals surface area contributed by atoms with Gasteiger partial charge in [-0.1, -0.05) is 0 Å². The van der Waals surface area contributed by atoms with Gasteiger partial charge in [-0.2, -0.15) is 4.31 Å². The molecule has 0 radical (unpaired) electrons. The average Bonchev–Trinajstić information content (AvgIpc) is 2.76. The Labute approximate surface area is 113 Å². The van der Waals surface area contributed by atoms with Crippen LogP contribution in [0.25, 0.3) is 0 Å². The third kappa shape index (κ3) is 2.90. The van der Waals surface area contributed by atoms with Crippen molar-refractivity contribution in [1.82, 2.24) is 4.31 Å². The summed E-state index contributed by atoms with van der Waals surface area (Å²) in [6.07, 6.45) is 1.72. The van der Waals surface area contributed by atoms with E-state index in [2.05, 4.69) is 15.9 Å². The molecule has 1 aliphatic heterocycles. The van der Waals surface area contributed by atoms with Gasteiger partial charge in [-0.05, 0) is 46.8 Å². The monoisotopic (exact) mass is 339 g/mol. The summed E-state index contributed by atoms with van der Waals surface area (Å²) in [5.41, 5.74) is 0. The van der Waals surface area contributed by atoms with E-state index in [9.17, 15) is 8.42 Å². The molecule has 0 spiro atoms. The van der Waals surface area contributed by atoms with Crippen molar-refractivity contribution in [3.63, 3.8) is 0 Å². The Kier molecular flexibility index (Phi) is 4.25. The van der Waals surface area contributed by atoms with Gasteiger partial charge in [0, 0.05) is 19.7 Å². The zero-order chi connectivity index (χ0) is 12.5. The van der Waals surface area contributed by atoms with Gasteiger partial charge in [-0.15, -0.1) is 11.3 Å². The highest BCUT2D eigenvalue weighted by Gasteiger charge is 2.30. The molecule has 1 aliphatic rings. The predicted octanol–water partition coefficient (Wildman–Crippen LogP) is 1.90. The van der Waals surface area contributed by atoms with Gasteiger partial charge in [0.25, 0.3) is 10.0 Å². The molecule has 0 saturated carbocycles. The number of rotatable bonds is 3. The standard InChI is InChI=1S/C10H14BrNO3S2/c11-9-3-4-10(16-9)17(14,15)12-5-1-2-8(6-12)7-13/h3-4,8,13H,1-2,5-7H2. The molecule has 17 heavy (non-hydrogen) atoms. The minimum absolute atomic E-state index is 0.0557. The highest BCUT2D eigenvalue weighted by atomic mass is 79.9. The van der Waals surface area contributed by atoms with Crippen LogP contribution in [0.15, 0.2) is 20.1 Å². The Balaban J connectivity index is 2.21. The number of hydrogen-bond acceptors (Lipinski definition) is 4.